The molecule has 0 radical (unpaired) electrons. The topological polar surface area (TPSA) is 92.8 Å². The second-order valence-corrected chi connectivity index (χ2v) is 9.96. The molecule has 1 aromatic carbocycles. The highest BCUT2D eigenvalue weighted by atomic mass is 16.3. The second kappa shape index (κ2) is 11.2. The predicted octanol–water partition coefficient (Wildman–Crippen LogP) is 5.72. The van der Waals surface area contributed by atoms with E-state index in [0.29, 0.717) is 19.1 Å². The Morgan fingerprint density at radius 3 is 2.75 bits per heavy atom. The molecule has 0 saturated heterocycles. The molecule has 0 unspecified atom stereocenters. The lowest BCUT2D eigenvalue weighted by Crippen LogP contribution is -2.33. The van der Waals surface area contributed by atoms with Crippen molar-refractivity contribution in [3.8, 4) is 0 Å². The number of nitrogens with one attached hydrogen (secondary N) is 1. The first-order valence-corrected chi connectivity index (χ1v) is 13.3. The number of nitrogens with zero attached hydrogens (tertiary/aromatic N) is 5. The maximum atomic E-state index is 13.2. The number of hydrogen-bond donors (Lipinski definition) is 1. The molecule has 3 aromatic heterocycles. The van der Waals surface area contributed by atoms with E-state index in [0.717, 1.165) is 60.2 Å². The van der Waals surface area contributed by atoms with Crippen LogP contribution in [0.15, 0.2) is 51.9 Å². The first-order chi connectivity index (χ1) is 17.7. The molecular weight excluding hydrogens is 452 g/mol. The molecule has 5 rings (SSSR count). The number of pyridine rings is 1. The zero-order valence-corrected chi connectivity index (χ0v) is 21.3. The Bertz CT molecular complexity index is 1320. The third kappa shape index (κ3) is 5.28. The van der Waals surface area contributed by atoms with Crippen LogP contribution in [0.4, 0.5) is 0 Å². The average molecular weight is 489 g/mol. The van der Waals surface area contributed by atoms with Gasteiger partial charge in [-0.25, -0.2) is 4.68 Å². The van der Waals surface area contributed by atoms with Crippen LogP contribution >= 0.6 is 0 Å². The third-order valence-corrected chi connectivity index (χ3v) is 7.45. The van der Waals surface area contributed by atoms with Crippen LogP contribution in [0.2, 0.25) is 0 Å². The van der Waals surface area contributed by atoms with Crippen LogP contribution in [-0.4, -0.2) is 30.1 Å². The number of aromatic amines is 1. The van der Waals surface area contributed by atoms with Crippen LogP contribution in [0, 0.1) is 0 Å². The summed E-state index contributed by atoms with van der Waals surface area (Å²) in [7, 11) is 0. The van der Waals surface area contributed by atoms with Crippen molar-refractivity contribution in [2.75, 3.05) is 0 Å². The molecule has 0 bridgehead atoms. The van der Waals surface area contributed by atoms with Gasteiger partial charge in [0.2, 0.25) is 0 Å². The zero-order valence-electron chi connectivity index (χ0n) is 21.3. The molecule has 1 aliphatic rings. The van der Waals surface area contributed by atoms with Crippen LogP contribution in [-0.2, 0) is 19.5 Å². The summed E-state index contributed by atoms with van der Waals surface area (Å²) in [6, 6.07) is 12.5. The van der Waals surface area contributed by atoms with E-state index in [1.54, 1.807) is 6.26 Å². The highest BCUT2D eigenvalue weighted by Gasteiger charge is 2.30. The Kier molecular flexibility index (Phi) is 7.60. The summed E-state index contributed by atoms with van der Waals surface area (Å²) < 4.78 is 7.80. The Hall–Kier alpha value is -3.26. The van der Waals surface area contributed by atoms with Gasteiger partial charge in [0.25, 0.3) is 5.56 Å². The normalized spacial score (nSPS) is 15.6. The van der Waals surface area contributed by atoms with Gasteiger partial charge >= 0.3 is 0 Å². The molecule has 1 saturated carbocycles. The molecule has 8 nitrogen and oxygen atoms in total. The van der Waals surface area contributed by atoms with Crippen LogP contribution in [0.5, 0.6) is 0 Å². The monoisotopic (exact) mass is 488 g/mol. The van der Waals surface area contributed by atoms with Crippen molar-refractivity contribution >= 4 is 10.9 Å². The molecular formula is C28H36N6O2. The van der Waals surface area contributed by atoms with E-state index in [4.69, 9.17) is 4.42 Å². The van der Waals surface area contributed by atoms with Crippen LogP contribution in [0.1, 0.15) is 93.6 Å². The lowest BCUT2D eigenvalue weighted by atomic mass is 9.95. The Morgan fingerprint density at radius 1 is 1.14 bits per heavy atom. The van der Waals surface area contributed by atoms with Gasteiger partial charge in [-0.1, -0.05) is 45.6 Å². The lowest BCUT2D eigenvalue weighted by Gasteiger charge is -2.32. The number of furan rings is 1. The van der Waals surface area contributed by atoms with Gasteiger partial charge in [0.1, 0.15) is 5.76 Å². The van der Waals surface area contributed by atoms with Crippen molar-refractivity contribution in [1.82, 2.24) is 30.1 Å². The first kappa shape index (κ1) is 24.4. The molecule has 8 heteroatoms. The van der Waals surface area contributed by atoms with Crippen molar-refractivity contribution in [1.29, 1.82) is 0 Å². The number of H-pyrrole nitrogens is 1. The quantitative estimate of drug-likeness (QED) is 0.307. The van der Waals surface area contributed by atoms with Gasteiger partial charge in [-0.05, 0) is 77.4 Å². The third-order valence-electron chi connectivity index (χ3n) is 7.45. The van der Waals surface area contributed by atoms with Crippen molar-refractivity contribution in [2.24, 2.45) is 0 Å². The predicted molar refractivity (Wildman–Crippen MR) is 139 cm³/mol. The highest BCUT2D eigenvalue weighted by molar-refractivity contribution is 5.79. The summed E-state index contributed by atoms with van der Waals surface area (Å²) in [5.41, 5.74) is 2.80. The van der Waals surface area contributed by atoms with E-state index in [1.165, 1.54) is 24.8 Å². The zero-order chi connectivity index (χ0) is 24.9. The minimum atomic E-state index is -0.0571. The summed E-state index contributed by atoms with van der Waals surface area (Å²) in [4.78, 5) is 18.5. The van der Waals surface area contributed by atoms with Gasteiger partial charge < -0.3 is 9.40 Å². The van der Waals surface area contributed by atoms with Crippen molar-refractivity contribution in [3.05, 3.63) is 75.7 Å². The smallest absolute Gasteiger partial charge is 0.252 e. The maximum absolute atomic E-state index is 13.2. The molecule has 36 heavy (non-hydrogen) atoms. The van der Waals surface area contributed by atoms with E-state index < -0.39 is 0 Å². The summed E-state index contributed by atoms with van der Waals surface area (Å²) in [6.45, 7) is 5.37. The van der Waals surface area contributed by atoms with Gasteiger partial charge in [-0.3, -0.25) is 9.69 Å². The summed E-state index contributed by atoms with van der Waals surface area (Å²) in [5, 5.41) is 14.2. The number of rotatable bonds is 10. The fraction of sp³-hybridized carbons (Fsp3) is 0.500. The van der Waals surface area contributed by atoms with Crippen molar-refractivity contribution < 1.29 is 4.42 Å². The van der Waals surface area contributed by atoms with Crippen molar-refractivity contribution in [2.45, 2.75) is 90.4 Å². The number of benzene rings is 1. The van der Waals surface area contributed by atoms with E-state index >= 15 is 0 Å². The van der Waals surface area contributed by atoms with E-state index in [1.807, 2.05) is 24.3 Å². The summed E-state index contributed by atoms with van der Waals surface area (Å²) in [6.07, 6.45) is 10.4. The minimum absolute atomic E-state index is 0.0332. The fourth-order valence-corrected chi connectivity index (χ4v) is 5.49. The number of fused-ring (bicyclic) bond motifs is 1. The average Bonchev–Trinajstić information content (AvgIpc) is 3.60. The molecule has 1 N–H and O–H groups in total. The van der Waals surface area contributed by atoms with Gasteiger partial charge in [0.15, 0.2) is 5.82 Å². The van der Waals surface area contributed by atoms with Crippen molar-refractivity contribution in [3.63, 3.8) is 0 Å². The summed E-state index contributed by atoms with van der Waals surface area (Å²) >= 11 is 0. The standard InChI is InChI=1S/C28H36N6O2/c1-3-9-26(27-30-31-32-34(27)23-10-6-5-7-11-23)33(19-24-12-8-15-36-24)18-22-17-21-16-20(4-2)13-14-25(21)29-28(22)35/h8,12-17,23,26H,3-7,9-11,18-19H2,1-2H3,(H,29,35)/t26-/m1/s1. The van der Waals surface area contributed by atoms with E-state index in [2.05, 4.69) is 56.1 Å². The Morgan fingerprint density at radius 2 is 2.00 bits per heavy atom. The van der Waals surface area contributed by atoms with Crippen LogP contribution < -0.4 is 5.56 Å². The van der Waals surface area contributed by atoms with Crippen LogP contribution in [0.25, 0.3) is 10.9 Å². The largest absolute Gasteiger partial charge is 0.468 e. The molecule has 1 aliphatic carbocycles. The maximum Gasteiger partial charge on any atom is 0.252 e. The second-order valence-electron chi connectivity index (χ2n) is 9.96. The van der Waals surface area contributed by atoms with Gasteiger partial charge in [0.05, 0.1) is 24.9 Å². The molecule has 0 aliphatic heterocycles. The molecule has 3 heterocycles. The highest BCUT2D eigenvalue weighted by Crippen LogP contribution is 2.33. The lowest BCUT2D eigenvalue weighted by molar-refractivity contribution is 0.139. The molecule has 4 aromatic rings. The number of aromatic nitrogens is 5. The van der Waals surface area contributed by atoms with Crippen LogP contribution in [0.3, 0.4) is 0 Å². The SMILES string of the molecule is CCC[C@H](c1nnnn1C1CCCCC1)N(Cc1ccco1)Cc1cc2cc(CC)ccc2[nH]c1=O. The molecule has 1 fully saturated rings. The summed E-state index contributed by atoms with van der Waals surface area (Å²) in [5.74, 6) is 1.75. The number of hydrogen-bond acceptors (Lipinski definition) is 6. The Balaban J connectivity index is 1.53. The first-order valence-electron chi connectivity index (χ1n) is 13.3. The van der Waals surface area contributed by atoms with Gasteiger partial charge in [0, 0.05) is 17.6 Å². The molecule has 0 amide bonds. The van der Waals surface area contributed by atoms with Gasteiger partial charge in [-0.2, -0.15) is 0 Å². The van der Waals surface area contributed by atoms with E-state index in [9.17, 15) is 4.79 Å². The van der Waals surface area contributed by atoms with E-state index in [-0.39, 0.29) is 11.6 Å². The molecule has 190 valence electrons. The number of aryl methyl sites for hydroxylation is 1. The molecule has 0 spiro atoms. The Labute approximate surface area is 211 Å². The molecule has 1 atom stereocenters. The van der Waals surface area contributed by atoms with Gasteiger partial charge in [-0.15, -0.1) is 5.10 Å². The minimum Gasteiger partial charge on any atom is -0.468 e. The number of tetrazole rings is 1. The fourth-order valence-electron chi connectivity index (χ4n) is 5.49.